The highest BCUT2D eigenvalue weighted by Gasteiger charge is 2.31. The normalized spacial score (nSPS) is 12.2. The molecule has 0 aliphatic heterocycles. The van der Waals surface area contributed by atoms with Crippen molar-refractivity contribution < 1.29 is 28.6 Å². The fourth-order valence-electron chi connectivity index (χ4n) is 2.10. The third-order valence-electron chi connectivity index (χ3n) is 4.16. The van der Waals surface area contributed by atoms with Crippen LogP contribution in [0.2, 0.25) is 0 Å². The summed E-state index contributed by atoms with van der Waals surface area (Å²) in [6.07, 6.45) is 1.85. The van der Waals surface area contributed by atoms with Crippen molar-refractivity contribution in [2.24, 2.45) is 23.7 Å². The Bertz CT molecular complexity index is 507. The van der Waals surface area contributed by atoms with Crippen molar-refractivity contribution in [2.75, 3.05) is 19.8 Å². The van der Waals surface area contributed by atoms with E-state index in [1.807, 2.05) is 41.5 Å². The third-order valence-corrected chi connectivity index (χ3v) is 4.16. The molecule has 0 saturated heterocycles. The molecule has 0 aromatic carbocycles. The van der Waals surface area contributed by atoms with E-state index in [9.17, 15) is 14.4 Å². The number of esters is 3. The van der Waals surface area contributed by atoms with Crippen molar-refractivity contribution in [3.63, 3.8) is 0 Å². The van der Waals surface area contributed by atoms with Gasteiger partial charge in [0.05, 0.1) is 32.2 Å². The molecule has 0 radical (unpaired) electrons. The molecule has 162 valence electrons. The highest BCUT2D eigenvalue weighted by atomic mass is 16.5. The lowest BCUT2D eigenvalue weighted by Gasteiger charge is -2.18. The molecule has 6 heteroatoms. The Morgan fingerprint density at radius 1 is 0.714 bits per heavy atom. The summed E-state index contributed by atoms with van der Waals surface area (Å²) in [5, 5.41) is 0. The van der Waals surface area contributed by atoms with Crippen molar-refractivity contribution in [1.29, 1.82) is 0 Å². The number of hydrogen-bond acceptors (Lipinski definition) is 6. The van der Waals surface area contributed by atoms with Crippen LogP contribution in [0.25, 0.3) is 0 Å². The van der Waals surface area contributed by atoms with Crippen LogP contribution in [0.5, 0.6) is 0 Å². The van der Waals surface area contributed by atoms with Crippen LogP contribution in [-0.4, -0.2) is 37.7 Å². The minimum Gasteiger partial charge on any atom is -0.466 e. The molecule has 1 atom stereocenters. The second kappa shape index (κ2) is 14.2. The Balaban J connectivity index is 4.89. The van der Waals surface area contributed by atoms with Crippen LogP contribution >= 0.6 is 0 Å². The van der Waals surface area contributed by atoms with Crippen LogP contribution in [-0.2, 0) is 28.6 Å². The minimum absolute atomic E-state index is 0.0703. The fraction of sp³-hybridized carbons (Fsp3) is 0.773. The van der Waals surface area contributed by atoms with Gasteiger partial charge in [-0.15, -0.1) is 0 Å². The molecule has 0 aromatic rings. The van der Waals surface area contributed by atoms with Crippen LogP contribution in [0.1, 0.15) is 67.2 Å². The topological polar surface area (TPSA) is 78.9 Å². The van der Waals surface area contributed by atoms with E-state index in [2.05, 4.69) is 6.58 Å². The van der Waals surface area contributed by atoms with Gasteiger partial charge in [0.2, 0.25) is 0 Å². The molecule has 0 fully saturated rings. The zero-order valence-electron chi connectivity index (χ0n) is 18.4. The van der Waals surface area contributed by atoms with E-state index in [4.69, 9.17) is 14.2 Å². The van der Waals surface area contributed by atoms with E-state index in [0.717, 1.165) is 6.42 Å². The zero-order valence-corrected chi connectivity index (χ0v) is 18.4. The standard InChI is InChI=1S/C22H38O6/c1-15(2)8-11-26-20(23)14-19(22(25)28-13-10-17(5)6)18(7)21(24)27-12-9-16(3)4/h15-17,19H,7-14H2,1-6H3. The summed E-state index contributed by atoms with van der Waals surface area (Å²) >= 11 is 0. The number of carbonyl (C=O) groups is 3. The Hall–Kier alpha value is -1.85. The largest absolute Gasteiger partial charge is 0.466 e. The second-order valence-electron chi connectivity index (χ2n) is 8.35. The number of hydrogen-bond donors (Lipinski definition) is 0. The van der Waals surface area contributed by atoms with Gasteiger partial charge in [0.1, 0.15) is 0 Å². The molecular weight excluding hydrogens is 360 g/mol. The molecule has 0 aromatic heterocycles. The van der Waals surface area contributed by atoms with E-state index in [-0.39, 0.29) is 31.8 Å². The number of carbonyl (C=O) groups excluding carboxylic acids is 3. The molecule has 0 aliphatic rings. The lowest BCUT2D eigenvalue weighted by molar-refractivity contribution is -0.156. The van der Waals surface area contributed by atoms with E-state index in [0.29, 0.717) is 30.6 Å². The van der Waals surface area contributed by atoms with Crippen LogP contribution in [0.4, 0.5) is 0 Å². The average Bonchev–Trinajstić information content (AvgIpc) is 2.57. The number of rotatable bonds is 14. The van der Waals surface area contributed by atoms with Gasteiger partial charge in [0.25, 0.3) is 0 Å². The summed E-state index contributed by atoms with van der Waals surface area (Å²) in [4.78, 5) is 36.9. The summed E-state index contributed by atoms with van der Waals surface area (Å²) in [6.45, 7) is 16.6. The maximum Gasteiger partial charge on any atom is 0.334 e. The molecule has 0 amide bonds. The van der Waals surface area contributed by atoms with Gasteiger partial charge < -0.3 is 14.2 Å². The molecular formula is C22H38O6. The van der Waals surface area contributed by atoms with Gasteiger partial charge in [0.15, 0.2) is 0 Å². The van der Waals surface area contributed by atoms with E-state index >= 15 is 0 Å². The van der Waals surface area contributed by atoms with Crippen molar-refractivity contribution in [3.8, 4) is 0 Å². The molecule has 0 aliphatic carbocycles. The Labute approximate surface area is 170 Å². The van der Waals surface area contributed by atoms with Gasteiger partial charge in [-0.3, -0.25) is 9.59 Å². The van der Waals surface area contributed by atoms with Gasteiger partial charge in [0, 0.05) is 5.57 Å². The Morgan fingerprint density at radius 3 is 1.61 bits per heavy atom. The number of ether oxygens (including phenoxy) is 3. The first-order valence-electron chi connectivity index (χ1n) is 10.2. The summed E-state index contributed by atoms with van der Waals surface area (Å²) in [5.74, 6) is -1.82. The van der Waals surface area contributed by atoms with Gasteiger partial charge >= 0.3 is 17.9 Å². The monoisotopic (exact) mass is 398 g/mol. The van der Waals surface area contributed by atoms with Crippen LogP contribution in [0, 0.1) is 23.7 Å². The maximum absolute atomic E-state index is 12.5. The van der Waals surface area contributed by atoms with Crippen LogP contribution in [0.15, 0.2) is 12.2 Å². The van der Waals surface area contributed by atoms with Gasteiger partial charge in [-0.1, -0.05) is 48.1 Å². The fourth-order valence-corrected chi connectivity index (χ4v) is 2.10. The van der Waals surface area contributed by atoms with Crippen LogP contribution in [0.3, 0.4) is 0 Å². The molecule has 0 rings (SSSR count). The lowest BCUT2D eigenvalue weighted by atomic mass is 9.97. The van der Waals surface area contributed by atoms with E-state index in [1.165, 1.54) is 0 Å². The first kappa shape index (κ1) is 26.1. The van der Waals surface area contributed by atoms with Crippen molar-refractivity contribution in [3.05, 3.63) is 12.2 Å². The highest BCUT2D eigenvalue weighted by molar-refractivity contribution is 5.96. The van der Waals surface area contributed by atoms with Crippen LogP contribution < -0.4 is 0 Å². The summed E-state index contributed by atoms with van der Waals surface area (Å²) in [7, 11) is 0. The second-order valence-corrected chi connectivity index (χ2v) is 8.35. The summed E-state index contributed by atoms with van der Waals surface area (Å²) < 4.78 is 15.6. The summed E-state index contributed by atoms with van der Waals surface area (Å²) in [6, 6.07) is 0. The molecule has 0 saturated carbocycles. The molecule has 0 N–H and O–H groups in total. The molecule has 1 unspecified atom stereocenters. The Morgan fingerprint density at radius 2 is 1.14 bits per heavy atom. The highest BCUT2D eigenvalue weighted by Crippen LogP contribution is 2.19. The molecule has 0 bridgehead atoms. The quantitative estimate of drug-likeness (QED) is 0.246. The Kier molecular flexibility index (Phi) is 13.3. The molecule has 6 nitrogen and oxygen atoms in total. The lowest BCUT2D eigenvalue weighted by Crippen LogP contribution is -2.28. The van der Waals surface area contributed by atoms with Crippen molar-refractivity contribution in [1.82, 2.24) is 0 Å². The van der Waals surface area contributed by atoms with Crippen molar-refractivity contribution >= 4 is 17.9 Å². The summed E-state index contributed by atoms with van der Waals surface area (Å²) in [5.41, 5.74) is -0.0703. The van der Waals surface area contributed by atoms with Crippen molar-refractivity contribution in [2.45, 2.75) is 67.2 Å². The smallest absolute Gasteiger partial charge is 0.334 e. The predicted molar refractivity (Wildman–Crippen MR) is 108 cm³/mol. The first-order chi connectivity index (χ1) is 13.0. The van der Waals surface area contributed by atoms with Gasteiger partial charge in [-0.05, 0) is 37.0 Å². The zero-order chi connectivity index (χ0) is 21.7. The third kappa shape index (κ3) is 12.5. The minimum atomic E-state index is -1.09. The molecule has 28 heavy (non-hydrogen) atoms. The molecule has 0 spiro atoms. The average molecular weight is 399 g/mol. The molecule has 0 heterocycles. The van der Waals surface area contributed by atoms with Gasteiger partial charge in [-0.2, -0.15) is 0 Å². The maximum atomic E-state index is 12.5. The van der Waals surface area contributed by atoms with E-state index in [1.54, 1.807) is 0 Å². The predicted octanol–water partition coefficient (Wildman–Crippen LogP) is 4.32. The van der Waals surface area contributed by atoms with E-state index < -0.39 is 23.8 Å². The first-order valence-corrected chi connectivity index (χ1v) is 10.2. The SMILES string of the molecule is C=C(C(=O)OCCC(C)C)C(CC(=O)OCCC(C)C)C(=O)OCCC(C)C. The van der Waals surface area contributed by atoms with Gasteiger partial charge in [-0.25, -0.2) is 4.79 Å².